The van der Waals surface area contributed by atoms with Crippen molar-refractivity contribution in [3.8, 4) is 11.1 Å². The van der Waals surface area contributed by atoms with Crippen LogP contribution in [0, 0.1) is 0 Å². The lowest BCUT2D eigenvalue weighted by Gasteiger charge is -2.02. The molecule has 0 amide bonds. The van der Waals surface area contributed by atoms with Crippen molar-refractivity contribution in [1.29, 1.82) is 0 Å². The van der Waals surface area contributed by atoms with Gasteiger partial charge in [0.1, 0.15) is 0 Å². The molecule has 19 heavy (non-hydrogen) atoms. The Morgan fingerprint density at radius 3 is 2.95 bits per heavy atom. The Labute approximate surface area is 106 Å². The number of aromatic amines is 2. The molecule has 0 saturated carbocycles. The minimum absolute atomic E-state index is 0.231. The molecule has 0 saturated heterocycles. The molecule has 3 heterocycles. The van der Waals surface area contributed by atoms with Gasteiger partial charge < -0.3 is 0 Å². The van der Waals surface area contributed by atoms with E-state index < -0.39 is 0 Å². The highest BCUT2D eigenvalue weighted by Gasteiger charge is 2.07. The number of H-pyrrole nitrogens is 2. The van der Waals surface area contributed by atoms with Crippen LogP contribution in [-0.2, 0) is 0 Å². The number of benzene rings is 1. The summed E-state index contributed by atoms with van der Waals surface area (Å²) in [5, 5.41) is 15.2. The molecule has 0 bridgehead atoms. The van der Waals surface area contributed by atoms with Crippen LogP contribution in [0.15, 0.2) is 47.7 Å². The highest BCUT2D eigenvalue weighted by molar-refractivity contribution is 5.96. The molecular formula is C13H9N5O. The maximum absolute atomic E-state index is 11.6. The van der Waals surface area contributed by atoms with Crippen molar-refractivity contribution in [2.75, 3.05) is 0 Å². The first kappa shape index (κ1) is 10.1. The SMILES string of the molecule is O=c1[nH]nc2c3cc(-c4cn[nH]c4)ccc3ccn12. The highest BCUT2D eigenvalue weighted by Crippen LogP contribution is 2.25. The third kappa shape index (κ3) is 1.40. The molecule has 4 rings (SSSR count). The van der Waals surface area contributed by atoms with Gasteiger partial charge in [-0.3, -0.25) is 5.10 Å². The Balaban J connectivity index is 2.11. The monoisotopic (exact) mass is 251 g/mol. The summed E-state index contributed by atoms with van der Waals surface area (Å²) in [4.78, 5) is 11.6. The smallest absolute Gasteiger partial charge is 0.285 e. The molecule has 3 aromatic heterocycles. The standard InChI is InChI=1S/C13H9N5O/c19-13-17-16-12-11-5-9(10-6-14-15-7-10)2-1-8(11)3-4-18(12)13/h1-7H,(H,14,15)(H,17,19). The van der Waals surface area contributed by atoms with Crippen LogP contribution in [0.3, 0.4) is 0 Å². The third-order valence-corrected chi connectivity index (χ3v) is 3.23. The fourth-order valence-electron chi connectivity index (χ4n) is 2.27. The van der Waals surface area contributed by atoms with Crippen LogP contribution in [-0.4, -0.2) is 24.8 Å². The number of pyridine rings is 1. The fraction of sp³-hybridized carbons (Fsp3) is 0. The number of hydrogen-bond donors (Lipinski definition) is 2. The summed E-state index contributed by atoms with van der Waals surface area (Å²) in [7, 11) is 0. The van der Waals surface area contributed by atoms with E-state index in [9.17, 15) is 4.79 Å². The van der Waals surface area contributed by atoms with E-state index >= 15 is 0 Å². The Kier molecular flexibility index (Phi) is 1.88. The van der Waals surface area contributed by atoms with Crippen LogP contribution >= 0.6 is 0 Å². The van der Waals surface area contributed by atoms with Crippen LogP contribution in [0.2, 0.25) is 0 Å². The molecule has 0 aliphatic rings. The van der Waals surface area contributed by atoms with Gasteiger partial charge in [-0.1, -0.05) is 12.1 Å². The first-order valence-electron chi connectivity index (χ1n) is 5.81. The van der Waals surface area contributed by atoms with Gasteiger partial charge in [0.25, 0.3) is 0 Å². The Bertz CT molecular complexity index is 933. The predicted octanol–water partition coefficient (Wildman–Crippen LogP) is 1.57. The van der Waals surface area contributed by atoms with E-state index in [1.165, 1.54) is 4.40 Å². The number of hydrogen-bond acceptors (Lipinski definition) is 3. The van der Waals surface area contributed by atoms with Crippen molar-refractivity contribution in [1.82, 2.24) is 24.8 Å². The van der Waals surface area contributed by atoms with Crippen LogP contribution in [0.5, 0.6) is 0 Å². The lowest BCUT2D eigenvalue weighted by Crippen LogP contribution is -2.08. The van der Waals surface area contributed by atoms with Crippen molar-refractivity contribution in [2.24, 2.45) is 0 Å². The van der Waals surface area contributed by atoms with Gasteiger partial charge >= 0.3 is 5.69 Å². The Hall–Kier alpha value is -2.89. The molecule has 0 aliphatic carbocycles. The largest absolute Gasteiger partial charge is 0.347 e. The van der Waals surface area contributed by atoms with Crippen molar-refractivity contribution in [3.63, 3.8) is 0 Å². The molecule has 6 heteroatoms. The number of aromatic nitrogens is 5. The van der Waals surface area contributed by atoms with Gasteiger partial charge in [-0.15, -0.1) is 0 Å². The second-order valence-corrected chi connectivity index (χ2v) is 4.33. The summed E-state index contributed by atoms with van der Waals surface area (Å²) in [5.41, 5.74) is 2.44. The third-order valence-electron chi connectivity index (χ3n) is 3.23. The molecule has 6 nitrogen and oxygen atoms in total. The maximum Gasteiger partial charge on any atom is 0.347 e. The first-order chi connectivity index (χ1) is 9.33. The second kappa shape index (κ2) is 3.55. The van der Waals surface area contributed by atoms with E-state index in [1.54, 1.807) is 12.4 Å². The average molecular weight is 251 g/mol. The highest BCUT2D eigenvalue weighted by atomic mass is 16.1. The molecule has 0 atom stereocenters. The van der Waals surface area contributed by atoms with E-state index in [-0.39, 0.29) is 5.69 Å². The Morgan fingerprint density at radius 1 is 1.16 bits per heavy atom. The molecule has 0 spiro atoms. The minimum atomic E-state index is -0.231. The summed E-state index contributed by atoms with van der Waals surface area (Å²) in [6.45, 7) is 0. The van der Waals surface area contributed by atoms with E-state index in [2.05, 4.69) is 20.4 Å². The molecule has 92 valence electrons. The van der Waals surface area contributed by atoms with E-state index in [4.69, 9.17) is 0 Å². The van der Waals surface area contributed by atoms with Crippen molar-refractivity contribution < 1.29 is 0 Å². The van der Waals surface area contributed by atoms with Crippen molar-refractivity contribution >= 4 is 16.4 Å². The minimum Gasteiger partial charge on any atom is -0.285 e. The van der Waals surface area contributed by atoms with Gasteiger partial charge in [0.15, 0.2) is 5.65 Å². The predicted molar refractivity (Wildman–Crippen MR) is 70.9 cm³/mol. The van der Waals surface area contributed by atoms with E-state index in [0.29, 0.717) is 5.65 Å². The van der Waals surface area contributed by atoms with Gasteiger partial charge in [0.2, 0.25) is 0 Å². The molecule has 1 aromatic carbocycles. The summed E-state index contributed by atoms with van der Waals surface area (Å²) in [5.74, 6) is 0. The summed E-state index contributed by atoms with van der Waals surface area (Å²) < 4.78 is 1.50. The van der Waals surface area contributed by atoms with E-state index in [0.717, 1.165) is 21.9 Å². The van der Waals surface area contributed by atoms with Crippen LogP contribution < -0.4 is 5.69 Å². The first-order valence-corrected chi connectivity index (χ1v) is 5.81. The second-order valence-electron chi connectivity index (χ2n) is 4.33. The molecular weight excluding hydrogens is 242 g/mol. The average Bonchev–Trinajstić information content (AvgIpc) is 3.08. The molecule has 0 fully saturated rings. The lowest BCUT2D eigenvalue weighted by molar-refractivity contribution is 1.02. The summed E-state index contributed by atoms with van der Waals surface area (Å²) in [6, 6.07) is 7.94. The van der Waals surface area contributed by atoms with Gasteiger partial charge in [0.05, 0.1) is 6.20 Å². The van der Waals surface area contributed by atoms with Gasteiger partial charge in [-0.2, -0.15) is 10.2 Å². The van der Waals surface area contributed by atoms with Gasteiger partial charge in [0, 0.05) is 23.3 Å². The fourth-order valence-corrected chi connectivity index (χ4v) is 2.27. The zero-order valence-corrected chi connectivity index (χ0v) is 9.79. The van der Waals surface area contributed by atoms with Gasteiger partial charge in [-0.05, 0) is 23.1 Å². The molecule has 4 aromatic rings. The van der Waals surface area contributed by atoms with Crippen LogP contribution in [0.4, 0.5) is 0 Å². The van der Waals surface area contributed by atoms with Gasteiger partial charge in [-0.25, -0.2) is 14.3 Å². The molecule has 0 unspecified atom stereocenters. The number of rotatable bonds is 1. The number of nitrogens with zero attached hydrogens (tertiary/aromatic N) is 3. The molecule has 2 N–H and O–H groups in total. The number of nitrogens with one attached hydrogen (secondary N) is 2. The van der Waals surface area contributed by atoms with Crippen molar-refractivity contribution in [2.45, 2.75) is 0 Å². The van der Waals surface area contributed by atoms with Crippen LogP contribution in [0.1, 0.15) is 0 Å². The van der Waals surface area contributed by atoms with Crippen LogP contribution in [0.25, 0.3) is 27.5 Å². The normalized spacial score (nSPS) is 11.4. The Morgan fingerprint density at radius 2 is 2.11 bits per heavy atom. The lowest BCUT2D eigenvalue weighted by atomic mass is 10.0. The summed E-state index contributed by atoms with van der Waals surface area (Å²) >= 11 is 0. The maximum atomic E-state index is 11.6. The van der Waals surface area contributed by atoms with E-state index in [1.807, 2.05) is 30.5 Å². The summed E-state index contributed by atoms with van der Waals surface area (Å²) in [6.07, 6.45) is 5.32. The quantitative estimate of drug-likeness (QED) is 0.539. The zero-order chi connectivity index (χ0) is 12.8. The zero-order valence-electron chi connectivity index (χ0n) is 9.79. The molecule has 0 radical (unpaired) electrons. The number of fused-ring (bicyclic) bond motifs is 3. The topological polar surface area (TPSA) is 78.8 Å². The molecule has 0 aliphatic heterocycles. The van der Waals surface area contributed by atoms with Crippen molar-refractivity contribution in [3.05, 3.63) is 53.3 Å².